The quantitative estimate of drug-likeness (QED) is 0.801. The van der Waals surface area contributed by atoms with Gasteiger partial charge < -0.3 is 4.90 Å². The van der Waals surface area contributed by atoms with E-state index in [1.165, 1.54) is 24.0 Å². The lowest BCUT2D eigenvalue weighted by molar-refractivity contribution is -0.130. The maximum atomic E-state index is 12.4. The molecule has 0 spiro atoms. The SMILES string of the molecule is CCS(=O)(=O)C[C@@H](C)N(C)C(=O)Cc1ccc2c(c1)CCCC2. The molecule has 1 amide bonds. The van der Waals surface area contributed by atoms with Crippen LogP contribution < -0.4 is 0 Å². The molecule has 0 unspecified atom stereocenters. The topological polar surface area (TPSA) is 54.5 Å². The maximum absolute atomic E-state index is 12.4. The van der Waals surface area contributed by atoms with E-state index >= 15 is 0 Å². The molecule has 0 bridgehead atoms. The van der Waals surface area contributed by atoms with E-state index < -0.39 is 9.84 Å². The molecule has 0 aromatic heterocycles. The molecule has 1 aromatic carbocycles. The van der Waals surface area contributed by atoms with Crippen LogP contribution in [-0.4, -0.2) is 43.8 Å². The highest BCUT2D eigenvalue weighted by atomic mass is 32.2. The molecular formula is C18H27NO3S. The van der Waals surface area contributed by atoms with Gasteiger partial charge in [0.15, 0.2) is 9.84 Å². The van der Waals surface area contributed by atoms with E-state index in [1.807, 2.05) is 6.07 Å². The molecule has 0 aliphatic heterocycles. The molecule has 0 N–H and O–H groups in total. The van der Waals surface area contributed by atoms with E-state index in [9.17, 15) is 13.2 Å². The average molecular weight is 337 g/mol. The fraction of sp³-hybridized carbons (Fsp3) is 0.611. The lowest BCUT2D eigenvalue weighted by Crippen LogP contribution is -2.40. The van der Waals surface area contributed by atoms with Gasteiger partial charge in [-0.05, 0) is 49.3 Å². The number of sulfone groups is 1. The molecule has 0 saturated heterocycles. The fourth-order valence-corrected chi connectivity index (χ4v) is 4.23. The van der Waals surface area contributed by atoms with Crippen molar-refractivity contribution in [2.75, 3.05) is 18.6 Å². The Kier molecular flexibility index (Phi) is 5.84. The maximum Gasteiger partial charge on any atom is 0.227 e. The van der Waals surface area contributed by atoms with E-state index in [0.29, 0.717) is 6.42 Å². The van der Waals surface area contributed by atoms with E-state index in [1.54, 1.807) is 25.8 Å². The van der Waals surface area contributed by atoms with Crippen molar-refractivity contribution in [1.29, 1.82) is 0 Å². The Bertz CT molecular complexity index is 667. The van der Waals surface area contributed by atoms with Crippen molar-refractivity contribution >= 4 is 15.7 Å². The van der Waals surface area contributed by atoms with E-state index in [-0.39, 0.29) is 23.5 Å². The van der Waals surface area contributed by atoms with Crippen molar-refractivity contribution in [2.24, 2.45) is 0 Å². The molecule has 5 heteroatoms. The summed E-state index contributed by atoms with van der Waals surface area (Å²) in [6.07, 6.45) is 5.03. The second-order valence-electron chi connectivity index (χ2n) is 6.54. The number of carbonyl (C=O) groups excluding carboxylic acids is 1. The zero-order valence-electron chi connectivity index (χ0n) is 14.3. The first-order chi connectivity index (χ1) is 10.8. The summed E-state index contributed by atoms with van der Waals surface area (Å²) in [6, 6.07) is 6.02. The Morgan fingerprint density at radius 2 is 1.87 bits per heavy atom. The van der Waals surface area contributed by atoms with Crippen LogP contribution in [0, 0.1) is 0 Å². The van der Waals surface area contributed by atoms with E-state index in [2.05, 4.69) is 12.1 Å². The molecule has 2 rings (SSSR count). The summed E-state index contributed by atoms with van der Waals surface area (Å²) >= 11 is 0. The summed E-state index contributed by atoms with van der Waals surface area (Å²) in [5.74, 6) is 0.111. The van der Waals surface area contributed by atoms with Crippen LogP contribution >= 0.6 is 0 Å². The van der Waals surface area contributed by atoms with Crippen LogP contribution in [-0.2, 0) is 33.9 Å². The van der Waals surface area contributed by atoms with Gasteiger partial charge in [0.05, 0.1) is 12.2 Å². The Labute approximate surface area is 139 Å². The van der Waals surface area contributed by atoms with Crippen LogP contribution in [0.2, 0.25) is 0 Å². The third kappa shape index (κ3) is 4.80. The lowest BCUT2D eigenvalue weighted by atomic mass is 9.90. The van der Waals surface area contributed by atoms with Crippen LogP contribution in [0.5, 0.6) is 0 Å². The number of likely N-dealkylation sites (N-methyl/N-ethyl adjacent to an activating group) is 1. The van der Waals surface area contributed by atoms with Crippen molar-refractivity contribution < 1.29 is 13.2 Å². The van der Waals surface area contributed by atoms with Crippen molar-refractivity contribution in [3.8, 4) is 0 Å². The molecule has 1 aromatic rings. The van der Waals surface area contributed by atoms with Crippen LogP contribution in [0.1, 0.15) is 43.4 Å². The van der Waals surface area contributed by atoms with Crippen LogP contribution in [0.15, 0.2) is 18.2 Å². The van der Waals surface area contributed by atoms with Crippen LogP contribution in [0.25, 0.3) is 0 Å². The first-order valence-electron chi connectivity index (χ1n) is 8.39. The van der Waals surface area contributed by atoms with Gasteiger partial charge in [-0.3, -0.25) is 4.79 Å². The first kappa shape index (κ1) is 18.0. The predicted octanol–water partition coefficient (Wildman–Crippen LogP) is 2.39. The summed E-state index contributed by atoms with van der Waals surface area (Å²) < 4.78 is 23.4. The van der Waals surface area contributed by atoms with Crippen molar-refractivity contribution in [3.63, 3.8) is 0 Å². The summed E-state index contributed by atoms with van der Waals surface area (Å²) in [7, 11) is -1.39. The highest BCUT2D eigenvalue weighted by Gasteiger charge is 2.21. The number of benzene rings is 1. The highest BCUT2D eigenvalue weighted by Crippen LogP contribution is 2.22. The van der Waals surface area contributed by atoms with Crippen LogP contribution in [0.3, 0.4) is 0 Å². The number of fused-ring (bicyclic) bond motifs is 1. The number of amides is 1. The summed E-state index contributed by atoms with van der Waals surface area (Å²) in [6.45, 7) is 3.43. The summed E-state index contributed by atoms with van der Waals surface area (Å²) in [5, 5.41) is 0. The Hall–Kier alpha value is -1.36. The highest BCUT2D eigenvalue weighted by molar-refractivity contribution is 7.91. The summed E-state index contributed by atoms with van der Waals surface area (Å²) in [5.41, 5.74) is 3.79. The molecule has 128 valence electrons. The Morgan fingerprint density at radius 1 is 1.22 bits per heavy atom. The molecule has 4 nitrogen and oxygen atoms in total. The number of carbonyl (C=O) groups is 1. The molecule has 0 fully saturated rings. The zero-order chi connectivity index (χ0) is 17.0. The van der Waals surface area contributed by atoms with Gasteiger partial charge in [0.2, 0.25) is 5.91 Å². The molecular weight excluding hydrogens is 310 g/mol. The molecule has 1 aliphatic carbocycles. The first-order valence-corrected chi connectivity index (χ1v) is 10.2. The van der Waals surface area contributed by atoms with Crippen LogP contribution in [0.4, 0.5) is 0 Å². The molecule has 1 atom stereocenters. The van der Waals surface area contributed by atoms with Gasteiger partial charge in [-0.25, -0.2) is 8.42 Å². The normalized spacial score (nSPS) is 15.8. The van der Waals surface area contributed by atoms with Gasteiger partial charge in [-0.1, -0.05) is 25.1 Å². The van der Waals surface area contributed by atoms with Crippen molar-refractivity contribution in [3.05, 3.63) is 34.9 Å². The van der Waals surface area contributed by atoms with Gasteiger partial charge in [0.25, 0.3) is 0 Å². The lowest BCUT2D eigenvalue weighted by Gasteiger charge is -2.25. The number of rotatable bonds is 6. The second-order valence-corrected chi connectivity index (χ2v) is 8.94. The Morgan fingerprint density at radius 3 is 2.52 bits per heavy atom. The van der Waals surface area contributed by atoms with Gasteiger partial charge in [-0.15, -0.1) is 0 Å². The molecule has 0 saturated carbocycles. The van der Waals surface area contributed by atoms with E-state index in [0.717, 1.165) is 18.4 Å². The number of hydrogen-bond acceptors (Lipinski definition) is 3. The second kappa shape index (κ2) is 7.47. The smallest absolute Gasteiger partial charge is 0.227 e. The third-order valence-electron chi connectivity index (χ3n) is 4.76. The third-order valence-corrected chi connectivity index (χ3v) is 6.63. The predicted molar refractivity (Wildman–Crippen MR) is 93.3 cm³/mol. The minimum atomic E-state index is -3.08. The average Bonchev–Trinajstić information content (AvgIpc) is 2.53. The molecule has 0 heterocycles. The standard InChI is InChI=1S/C18H27NO3S/c1-4-23(21,22)13-14(2)19(3)18(20)12-15-9-10-16-7-5-6-8-17(16)11-15/h9-11,14H,4-8,12-13H2,1-3H3/t14-/m1/s1. The molecule has 23 heavy (non-hydrogen) atoms. The van der Waals surface area contributed by atoms with Gasteiger partial charge in [0.1, 0.15) is 0 Å². The number of aryl methyl sites for hydroxylation is 2. The zero-order valence-corrected chi connectivity index (χ0v) is 15.2. The van der Waals surface area contributed by atoms with Crippen molar-refractivity contribution in [2.45, 2.75) is 52.0 Å². The molecule has 1 aliphatic rings. The largest absolute Gasteiger partial charge is 0.342 e. The Balaban J connectivity index is 2.00. The monoisotopic (exact) mass is 337 g/mol. The van der Waals surface area contributed by atoms with Gasteiger partial charge in [-0.2, -0.15) is 0 Å². The van der Waals surface area contributed by atoms with Crippen molar-refractivity contribution in [1.82, 2.24) is 4.90 Å². The fourth-order valence-electron chi connectivity index (χ4n) is 3.04. The minimum absolute atomic E-state index is 0.0237. The van der Waals surface area contributed by atoms with Gasteiger partial charge >= 0.3 is 0 Å². The number of nitrogens with zero attached hydrogens (tertiary/aromatic N) is 1. The molecule has 0 radical (unpaired) electrons. The number of hydrogen-bond donors (Lipinski definition) is 0. The van der Waals surface area contributed by atoms with E-state index in [4.69, 9.17) is 0 Å². The summed E-state index contributed by atoms with van der Waals surface area (Å²) in [4.78, 5) is 14.0. The van der Waals surface area contributed by atoms with Gasteiger partial charge in [0, 0.05) is 18.8 Å². The minimum Gasteiger partial charge on any atom is -0.342 e.